The van der Waals surface area contributed by atoms with E-state index in [1.54, 1.807) is 0 Å². The predicted octanol–water partition coefficient (Wildman–Crippen LogP) is 2.60. The highest BCUT2D eigenvalue weighted by molar-refractivity contribution is 8.00. The smallest absolute Gasteiger partial charge is 0.0595 e. The van der Waals surface area contributed by atoms with Crippen LogP contribution in [0.25, 0.3) is 0 Å². The first-order valence-electron chi connectivity index (χ1n) is 6.43. The molecule has 92 valence electrons. The van der Waals surface area contributed by atoms with Crippen molar-refractivity contribution in [1.82, 2.24) is 0 Å². The summed E-state index contributed by atoms with van der Waals surface area (Å²) < 4.78 is 5.99. The van der Waals surface area contributed by atoms with Crippen molar-refractivity contribution in [1.29, 1.82) is 0 Å². The van der Waals surface area contributed by atoms with Gasteiger partial charge in [-0.2, -0.15) is 0 Å². The third-order valence-electron chi connectivity index (χ3n) is 3.66. The highest BCUT2D eigenvalue weighted by Gasteiger charge is 2.26. The number of ether oxygens (including phenoxy) is 1. The Balaban J connectivity index is 1.49. The highest BCUT2D eigenvalue weighted by Crippen LogP contribution is 2.37. The molecule has 0 saturated heterocycles. The van der Waals surface area contributed by atoms with Gasteiger partial charge in [-0.15, -0.1) is 11.8 Å². The van der Waals surface area contributed by atoms with Gasteiger partial charge in [0.15, 0.2) is 0 Å². The molecule has 1 heterocycles. The lowest BCUT2D eigenvalue weighted by atomic mass is 10.1. The molecule has 0 radical (unpaired) electrons. The molecule has 0 aromatic heterocycles. The van der Waals surface area contributed by atoms with E-state index < -0.39 is 0 Å². The van der Waals surface area contributed by atoms with Gasteiger partial charge in [0, 0.05) is 16.2 Å². The molecule has 1 fully saturated rings. The van der Waals surface area contributed by atoms with E-state index in [-0.39, 0.29) is 0 Å². The number of hydrogen-bond donors (Lipinski definition) is 1. The van der Waals surface area contributed by atoms with Gasteiger partial charge in [0.05, 0.1) is 12.7 Å². The summed E-state index contributed by atoms with van der Waals surface area (Å²) in [5.41, 5.74) is 7.37. The van der Waals surface area contributed by atoms with E-state index in [1.165, 1.54) is 10.5 Å². The zero-order valence-corrected chi connectivity index (χ0v) is 10.8. The minimum Gasteiger partial charge on any atom is -0.377 e. The lowest BCUT2D eigenvalue weighted by molar-refractivity contribution is 0.0589. The molecule has 3 atom stereocenters. The van der Waals surface area contributed by atoms with Crippen molar-refractivity contribution in [3.63, 3.8) is 0 Å². The van der Waals surface area contributed by atoms with Crippen LogP contribution in [-0.4, -0.2) is 24.0 Å². The lowest BCUT2D eigenvalue weighted by Crippen LogP contribution is -2.20. The average Bonchev–Trinajstić information content (AvgIpc) is 2.91. The van der Waals surface area contributed by atoms with E-state index >= 15 is 0 Å². The first-order chi connectivity index (χ1) is 8.31. The quantitative estimate of drug-likeness (QED) is 0.894. The van der Waals surface area contributed by atoms with Crippen molar-refractivity contribution in [3.05, 3.63) is 29.8 Å². The van der Waals surface area contributed by atoms with E-state index in [2.05, 4.69) is 24.3 Å². The molecule has 3 rings (SSSR count). The van der Waals surface area contributed by atoms with Crippen molar-refractivity contribution in [2.75, 3.05) is 6.61 Å². The molecular formula is C14H19NOS. The molecule has 3 heteroatoms. The van der Waals surface area contributed by atoms with Gasteiger partial charge in [0.1, 0.15) is 0 Å². The first kappa shape index (κ1) is 11.6. The molecule has 0 amide bonds. The summed E-state index contributed by atoms with van der Waals surface area (Å²) >= 11 is 1.96. The SMILES string of the molecule is NC1CCC(OCC2Cc3ccccc3S2)C1. The fourth-order valence-corrected chi connectivity index (χ4v) is 3.94. The number of nitrogens with two attached hydrogens (primary N) is 1. The summed E-state index contributed by atoms with van der Waals surface area (Å²) in [4.78, 5) is 1.43. The van der Waals surface area contributed by atoms with Gasteiger partial charge < -0.3 is 10.5 Å². The molecule has 1 aliphatic heterocycles. The molecule has 2 N–H and O–H groups in total. The van der Waals surface area contributed by atoms with Crippen LogP contribution < -0.4 is 5.73 Å². The molecule has 0 bridgehead atoms. The number of fused-ring (bicyclic) bond motifs is 1. The molecule has 1 aromatic rings. The van der Waals surface area contributed by atoms with Crippen LogP contribution in [0.2, 0.25) is 0 Å². The molecule has 17 heavy (non-hydrogen) atoms. The summed E-state index contributed by atoms with van der Waals surface area (Å²) in [7, 11) is 0. The molecule has 3 unspecified atom stereocenters. The first-order valence-corrected chi connectivity index (χ1v) is 7.31. The summed E-state index contributed by atoms with van der Waals surface area (Å²) in [5.74, 6) is 0. The topological polar surface area (TPSA) is 35.2 Å². The Morgan fingerprint density at radius 1 is 1.29 bits per heavy atom. The molecule has 2 aliphatic rings. The van der Waals surface area contributed by atoms with Crippen molar-refractivity contribution >= 4 is 11.8 Å². The molecule has 2 nitrogen and oxygen atoms in total. The van der Waals surface area contributed by atoms with E-state index in [4.69, 9.17) is 10.5 Å². The van der Waals surface area contributed by atoms with Crippen LogP contribution in [0, 0.1) is 0 Å². The monoisotopic (exact) mass is 249 g/mol. The van der Waals surface area contributed by atoms with Crippen LogP contribution in [0.5, 0.6) is 0 Å². The molecular weight excluding hydrogens is 230 g/mol. The zero-order valence-electron chi connectivity index (χ0n) is 9.97. The van der Waals surface area contributed by atoms with Crippen molar-refractivity contribution in [2.45, 2.75) is 48.0 Å². The minimum atomic E-state index is 0.369. The second kappa shape index (κ2) is 5.01. The zero-order chi connectivity index (χ0) is 11.7. The van der Waals surface area contributed by atoms with Crippen LogP contribution in [0.4, 0.5) is 0 Å². The van der Waals surface area contributed by atoms with Crippen LogP contribution in [0.3, 0.4) is 0 Å². The predicted molar refractivity (Wildman–Crippen MR) is 71.4 cm³/mol. The highest BCUT2D eigenvalue weighted by atomic mass is 32.2. The number of benzene rings is 1. The molecule has 1 aliphatic carbocycles. The average molecular weight is 249 g/mol. The molecule has 0 spiro atoms. The standard InChI is InChI=1S/C14H19NOS/c15-11-5-6-12(8-11)16-9-13-7-10-3-1-2-4-14(10)17-13/h1-4,11-13H,5-9,15H2. The lowest BCUT2D eigenvalue weighted by Gasteiger charge is -2.14. The van der Waals surface area contributed by atoms with E-state index in [9.17, 15) is 0 Å². The van der Waals surface area contributed by atoms with Crippen molar-refractivity contribution in [2.24, 2.45) is 5.73 Å². The third kappa shape index (κ3) is 2.67. The normalized spacial score (nSPS) is 31.7. The van der Waals surface area contributed by atoms with Gasteiger partial charge in [-0.1, -0.05) is 18.2 Å². The molecule has 1 aromatic carbocycles. The van der Waals surface area contributed by atoms with E-state index in [0.717, 1.165) is 32.3 Å². The third-order valence-corrected chi connectivity index (χ3v) is 4.95. The Kier molecular flexibility index (Phi) is 3.41. The summed E-state index contributed by atoms with van der Waals surface area (Å²) in [5, 5.41) is 0.601. The second-order valence-corrected chi connectivity index (χ2v) is 6.42. The Hall–Kier alpha value is -0.510. The number of rotatable bonds is 3. The fraction of sp³-hybridized carbons (Fsp3) is 0.571. The van der Waals surface area contributed by atoms with Crippen LogP contribution in [-0.2, 0) is 11.2 Å². The molecule has 1 saturated carbocycles. The van der Waals surface area contributed by atoms with Crippen molar-refractivity contribution < 1.29 is 4.74 Å². The number of hydrogen-bond acceptors (Lipinski definition) is 3. The van der Waals surface area contributed by atoms with Gasteiger partial charge in [-0.25, -0.2) is 0 Å². The Labute approximate surface area is 107 Å². The van der Waals surface area contributed by atoms with Gasteiger partial charge in [-0.3, -0.25) is 0 Å². The second-order valence-electron chi connectivity index (χ2n) is 5.08. The van der Waals surface area contributed by atoms with Gasteiger partial charge in [-0.05, 0) is 37.3 Å². The summed E-state index contributed by atoms with van der Waals surface area (Å²) in [6.07, 6.45) is 4.88. The van der Waals surface area contributed by atoms with Crippen LogP contribution in [0.15, 0.2) is 29.2 Å². The van der Waals surface area contributed by atoms with Crippen LogP contribution in [0.1, 0.15) is 24.8 Å². The summed E-state index contributed by atoms with van der Waals surface area (Å²) in [6.45, 7) is 0.872. The maximum atomic E-state index is 5.99. The fourth-order valence-electron chi connectivity index (χ4n) is 2.72. The number of thioether (sulfide) groups is 1. The van der Waals surface area contributed by atoms with Gasteiger partial charge >= 0.3 is 0 Å². The van der Waals surface area contributed by atoms with Gasteiger partial charge in [0.25, 0.3) is 0 Å². The summed E-state index contributed by atoms with van der Waals surface area (Å²) in [6, 6.07) is 9.05. The van der Waals surface area contributed by atoms with E-state index in [1.807, 2.05) is 11.8 Å². The van der Waals surface area contributed by atoms with Crippen LogP contribution >= 0.6 is 11.8 Å². The van der Waals surface area contributed by atoms with Crippen molar-refractivity contribution in [3.8, 4) is 0 Å². The van der Waals surface area contributed by atoms with E-state index in [0.29, 0.717) is 17.4 Å². The minimum absolute atomic E-state index is 0.369. The Morgan fingerprint density at radius 2 is 2.18 bits per heavy atom. The Morgan fingerprint density at radius 3 is 2.94 bits per heavy atom. The largest absolute Gasteiger partial charge is 0.377 e. The van der Waals surface area contributed by atoms with Gasteiger partial charge in [0.2, 0.25) is 0 Å². The maximum absolute atomic E-state index is 5.99. The Bertz CT molecular complexity index is 371. The maximum Gasteiger partial charge on any atom is 0.0595 e.